The van der Waals surface area contributed by atoms with E-state index in [1.165, 1.54) is 22.2 Å². The van der Waals surface area contributed by atoms with Crippen LogP contribution in [0.5, 0.6) is 0 Å². The zero-order valence-corrected chi connectivity index (χ0v) is 15.9. The lowest BCUT2D eigenvalue weighted by atomic mass is 10.1. The van der Waals surface area contributed by atoms with Crippen LogP contribution in [-0.2, 0) is 19.4 Å². The molecule has 1 aliphatic rings. The minimum absolute atomic E-state index is 0.0688. The van der Waals surface area contributed by atoms with E-state index in [4.69, 9.17) is 10.2 Å². The molecule has 2 heterocycles. The minimum Gasteiger partial charge on any atom is -0.287 e. The van der Waals surface area contributed by atoms with Gasteiger partial charge in [-0.2, -0.15) is 10.5 Å². The number of thioether (sulfide) groups is 1. The number of hydrogen-bond donors (Lipinski definition) is 0. The van der Waals surface area contributed by atoms with Crippen molar-refractivity contribution in [2.45, 2.75) is 57.1 Å². The Balaban J connectivity index is 1.94. The van der Waals surface area contributed by atoms with E-state index in [1.54, 1.807) is 15.9 Å². The number of rotatable bonds is 7. The highest BCUT2D eigenvalue weighted by molar-refractivity contribution is 7.99. The molecule has 3 rings (SSSR count). The van der Waals surface area contributed by atoms with Crippen molar-refractivity contribution in [1.29, 1.82) is 10.5 Å². The Morgan fingerprint density at radius 3 is 2.96 bits per heavy atom. The maximum absolute atomic E-state index is 13.1. The Bertz CT molecular complexity index is 916. The molecule has 0 aromatic carbocycles. The van der Waals surface area contributed by atoms with E-state index in [2.05, 4.69) is 12.1 Å². The summed E-state index contributed by atoms with van der Waals surface area (Å²) in [5, 5.41) is 19.5. The van der Waals surface area contributed by atoms with Crippen LogP contribution in [0.3, 0.4) is 0 Å². The Morgan fingerprint density at radius 1 is 1.40 bits per heavy atom. The van der Waals surface area contributed by atoms with Crippen LogP contribution in [0.25, 0.3) is 10.2 Å². The van der Waals surface area contributed by atoms with Crippen LogP contribution in [0, 0.1) is 28.6 Å². The van der Waals surface area contributed by atoms with E-state index >= 15 is 0 Å². The van der Waals surface area contributed by atoms with E-state index < -0.39 is 0 Å². The predicted octanol–water partition coefficient (Wildman–Crippen LogP) is 3.89. The third-order valence-electron chi connectivity index (χ3n) is 4.44. The van der Waals surface area contributed by atoms with Crippen molar-refractivity contribution < 1.29 is 0 Å². The monoisotopic (exact) mass is 372 g/mol. The summed E-state index contributed by atoms with van der Waals surface area (Å²) >= 11 is 3.12. The van der Waals surface area contributed by atoms with Crippen molar-refractivity contribution in [2.24, 2.45) is 5.92 Å². The van der Waals surface area contributed by atoms with Gasteiger partial charge in [0.2, 0.25) is 0 Å². The Kier molecular flexibility index (Phi) is 5.78. The molecular weight excluding hydrogens is 352 g/mol. The van der Waals surface area contributed by atoms with E-state index in [9.17, 15) is 10.1 Å². The van der Waals surface area contributed by atoms with Gasteiger partial charge in [0.05, 0.1) is 23.4 Å². The van der Waals surface area contributed by atoms with E-state index in [-0.39, 0.29) is 11.5 Å². The Morgan fingerprint density at radius 2 is 2.24 bits per heavy atom. The molecule has 2 aromatic heterocycles. The number of nitrogens with zero attached hydrogens (tertiary/aromatic N) is 4. The number of aryl methyl sites for hydroxylation is 2. The van der Waals surface area contributed by atoms with Crippen molar-refractivity contribution in [2.75, 3.05) is 5.75 Å². The van der Waals surface area contributed by atoms with Gasteiger partial charge in [0.25, 0.3) is 5.56 Å². The van der Waals surface area contributed by atoms with Crippen molar-refractivity contribution in [1.82, 2.24) is 9.55 Å². The number of thiophene rings is 1. The molecule has 5 nitrogen and oxygen atoms in total. The average Bonchev–Trinajstić information content (AvgIpc) is 3.18. The SMILES string of the molecule is CCCn1c(SC[C@@H](C#N)CCC#N)nc2sc3c(c2c1=O)CCC3. The molecule has 2 aromatic rings. The highest BCUT2D eigenvalue weighted by Gasteiger charge is 2.23. The molecule has 1 aliphatic carbocycles. The molecule has 0 fully saturated rings. The van der Waals surface area contributed by atoms with Crippen LogP contribution in [0.15, 0.2) is 9.95 Å². The summed E-state index contributed by atoms with van der Waals surface area (Å²) in [4.78, 5) is 20.0. The zero-order valence-electron chi connectivity index (χ0n) is 14.2. The Hall–Kier alpha value is -1.83. The smallest absolute Gasteiger partial charge is 0.263 e. The van der Waals surface area contributed by atoms with Crippen LogP contribution in [0.1, 0.15) is 43.0 Å². The topological polar surface area (TPSA) is 82.5 Å². The first-order valence-electron chi connectivity index (χ1n) is 8.64. The van der Waals surface area contributed by atoms with Crippen LogP contribution in [0.4, 0.5) is 0 Å². The first kappa shape index (κ1) is 18.0. The van der Waals surface area contributed by atoms with Gasteiger partial charge in [-0.15, -0.1) is 11.3 Å². The number of aromatic nitrogens is 2. The molecule has 0 saturated heterocycles. The average molecular weight is 373 g/mol. The first-order valence-corrected chi connectivity index (χ1v) is 10.4. The van der Waals surface area contributed by atoms with Gasteiger partial charge in [0.15, 0.2) is 5.16 Å². The first-order chi connectivity index (χ1) is 12.2. The van der Waals surface area contributed by atoms with Gasteiger partial charge in [0.1, 0.15) is 4.83 Å². The summed E-state index contributed by atoms with van der Waals surface area (Å²) in [7, 11) is 0. The van der Waals surface area contributed by atoms with Crippen molar-refractivity contribution in [3.8, 4) is 12.1 Å². The maximum Gasteiger partial charge on any atom is 0.263 e. The molecule has 0 radical (unpaired) electrons. The van der Waals surface area contributed by atoms with E-state index in [0.717, 1.165) is 35.9 Å². The lowest BCUT2D eigenvalue weighted by Gasteiger charge is -2.12. The molecule has 0 N–H and O–H groups in total. The zero-order chi connectivity index (χ0) is 17.8. The van der Waals surface area contributed by atoms with Crippen molar-refractivity contribution >= 4 is 33.3 Å². The lowest BCUT2D eigenvalue weighted by molar-refractivity contribution is 0.583. The highest BCUT2D eigenvalue weighted by Crippen LogP contribution is 2.35. The molecule has 0 amide bonds. The molecule has 0 aliphatic heterocycles. The van der Waals surface area contributed by atoms with E-state index in [1.807, 2.05) is 6.92 Å². The van der Waals surface area contributed by atoms with Gasteiger partial charge in [-0.05, 0) is 37.7 Å². The fourth-order valence-electron chi connectivity index (χ4n) is 3.19. The third kappa shape index (κ3) is 3.58. The van der Waals surface area contributed by atoms with Gasteiger partial charge in [0, 0.05) is 23.6 Å². The van der Waals surface area contributed by atoms with Crippen LogP contribution < -0.4 is 5.56 Å². The van der Waals surface area contributed by atoms with E-state index in [0.29, 0.717) is 30.3 Å². The minimum atomic E-state index is -0.194. The molecule has 0 spiro atoms. The van der Waals surface area contributed by atoms with Crippen LogP contribution in [0.2, 0.25) is 0 Å². The van der Waals surface area contributed by atoms with Crippen molar-refractivity contribution in [3.05, 3.63) is 20.8 Å². The molecule has 0 unspecified atom stereocenters. The standard InChI is InChI=1S/C18H20N4OS2/c1-2-9-22-17(23)15-13-6-3-7-14(13)25-16(15)21-18(22)24-11-12(10-20)5-4-8-19/h12H,2-7,9,11H2,1H3/t12-/m1/s1. The molecule has 25 heavy (non-hydrogen) atoms. The second kappa shape index (κ2) is 8.03. The number of hydrogen-bond acceptors (Lipinski definition) is 6. The maximum atomic E-state index is 13.1. The largest absolute Gasteiger partial charge is 0.287 e. The van der Waals surface area contributed by atoms with Crippen LogP contribution >= 0.6 is 23.1 Å². The second-order valence-electron chi connectivity index (χ2n) is 6.22. The Labute approximate surface area is 155 Å². The molecule has 130 valence electrons. The fraction of sp³-hybridized carbons (Fsp3) is 0.556. The van der Waals surface area contributed by atoms with Gasteiger partial charge in [-0.1, -0.05) is 18.7 Å². The summed E-state index contributed by atoms with van der Waals surface area (Å²) in [5.41, 5.74) is 1.28. The number of nitriles is 2. The molecule has 1 atom stereocenters. The molecule has 0 saturated carbocycles. The summed E-state index contributed by atoms with van der Waals surface area (Å²) < 4.78 is 1.77. The van der Waals surface area contributed by atoms with Gasteiger partial charge >= 0.3 is 0 Å². The normalized spacial score (nSPS) is 14.2. The lowest BCUT2D eigenvalue weighted by Crippen LogP contribution is -2.23. The quantitative estimate of drug-likeness (QED) is 0.544. The molecule has 7 heteroatoms. The summed E-state index contributed by atoms with van der Waals surface area (Å²) in [6.45, 7) is 2.69. The second-order valence-corrected chi connectivity index (χ2v) is 8.29. The highest BCUT2D eigenvalue weighted by atomic mass is 32.2. The summed E-state index contributed by atoms with van der Waals surface area (Å²) in [5.74, 6) is 0.367. The molecular formula is C18H20N4OS2. The number of fused-ring (bicyclic) bond motifs is 3. The summed E-state index contributed by atoms with van der Waals surface area (Å²) in [6.07, 6.45) is 4.97. The van der Waals surface area contributed by atoms with Crippen molar-refractivity contribution in [3.63, 3.8) is 0 Å². The van der Waals surface area contributed by atoms with Gasteiger partial charge in [-0.25, -0.2) is 4.98 Å². The third-order valence-corrected chi connectivity index (χ3v) is 6.76. The predicted molar refractivity (Wildman–Crippen MR) is 101 cm³/mol. The van der Waals surface area contributed by atoms with Crippen LogP contribution in [-0.4, -0.2) is 15.3 Å². The molecule has 0 bridgehead atoms. The fourth-order valence-corrected chi connectivity index (χ4v) is 5.58. The van der Waals surface area contributed by atoms with Gasteiger partial charge in [-0.3, -0.25) is 9.36 Å². The van der Waals surface area contributed by atoms with Gasteiger partial charge < -0.3 is 0 Å². The summed E-state index contributed by atoms with van der Waals surface area (Å²) in [6, 6.07) is 4.35.